The summed E-state index contributed by atoms with van der Waals surface area (Å²) < 4.78 is 5.05. The smallest absolute Gasteiger partial charge is 0.0462 e. The Morgan fingerprint density at radius 3 is 2.35 bits per heavy atom. The van der Waals surface area contributed by atoms with Crippen LogP contribution in [0.5, 0.6) is 0 Å². The van der Waals surface area contributed by atoms with Crippen LogP contribution in [0.4, 0.5) is 0 Å². The van der Waals surface area contributed by atoms with E-state index in [1.165, 1.54) is 13.1 Å². The zero-order chi connectivity index (χ0) is 12.7. The molecule has 1 unspecified atom stereocenters. The number of hydrogen-bond acceptors (Lipinski definition) is 4. The zero-order valence-electron chi connectivity index (χ0n) is 11.7. The van der Waals surface area contributed by atoms with E-state index < -0.39 is 0 Å². The van der Waals surface area contributed by atoms with Crippen molar-refractivity contribution in [3.63, 3.8) is 0 Å². The number of ether oxygens (including phenoxy) is 1. The van der Waals surface area contributed by atoms with Gasteiger partial charge in [0.05, 0.1) is 0 Å². The Kier molecular flexibility index (Phi) is 7.04. The van der Waals surface area contributed by atoms with Crippen LogP contribution in [0.25, 0.3) is 0 Å². The molecule has 1 fully saturated rings. The summed E-state index contributed by atoms with van der Waals surface area (Å²) in [4.78, 5) is 5.03. The third-order valence-corrected chi connectivity index (χ3v) is 3.55. The molecule has 1 aliphatic rings. The van der Waals surface area contributed by atoms with Gasteiger partial charge in [-0.1, -0.05) is 0 Å². The second-order valence-corrected chi connectivity index (χ2v) is 5.33. The fraction of sp³-hybridized carbons (Fsp3) is 1.00. The van der Waals surface area contributed by atoms with Gasteiger partial charge in [0.1, 0.15) is 0 Å². The molecule has 0 aromatic heterocycles. The Morgan fingerprint density at radius 1 is 1.18 bits per heavy atom. The molecule has 4 heteroatoms. The van der Waals surface area contributed by atoms with Crippen LogP contribution in [0.2, 0.25) is 0 Å². The van der Waals surface area contributed by atoms with Crippen LogP contribution >= 0.6 is 0 Å². The fourth-order valence-electron chi connectivity index (χ4n) is 2.38. The van der Waals surface area contributed by atoms with Gasteiger partial charge in [-0.25, -0.2) is 0 Å². The highest BCUT2D eigenvalue weighted by Crippen LogP contribution is 2.07. The Balaban J connectivity index is 2.12. The molecule has 1 heterocycles. The first-order chi connectivity index (χ1) is 8.13. The first-order valence-corrected chi connectivity index (χ1v) is 6.84. The largest absolute Gasteiger partial charge is 0.385 e. The van der Waals surface area contributed by atoms with Crippen LogP contribution in [0.15, 0.2) is 0 Å². The topological polar surface area (TPSA) is 41.7 Å². The number of piperazine rings is 1. The molecule has 1 rings (SSSR count). The average molecular weight is 243 g/mol. The van der Waals surface area contributed by atoms with Gasteiger partial charge in [0, 0.05) is 58.5 Å². The molecule has 0 aliphatic carbocycles. The van der Waals surface area contributed by atoms with E-state index in [9.17, 15) is 0 Å². The molecule has 17 heavy (non-hydrogen) atoms. The predicted molar refractivity (Wildman–Crippen MR) is 72.2 cm³/mol. The molecule has 0 aromatic rings. The predicted octanol–water partition coefficient (Wildman–Crippen LogP) is 0.766. The molecule has 0 bridgehead atoms. The molecule has 0 aromatic carbocycles. The highest BCUT2D eigenvalue weighted by atomic mass is 16.5. The van der Waals surface area contributed by atoms with Crippen LogP contribution < -0.4 is 5.73 Å². The first-order valence-electron chi connectivity index (χ1n) is 6.84. The molecular weight excluding hydrogens is 214 g/mol. The van der Waals surface area contributed by atoms with E-state index in [1.54, 1.807) is 7.11 Å². The SMILES string of the molecule is COCCCC(N)CN1CCN(C(C)C)CC1. The van der Waals surface area contributed by atoms with E-state index in [0.29, 0.717) is 12.1 Å². The summed E-state index contributed by atoms with van der Waals surface area (Å²) in [6.45, 7) is 11.1. The molecule has 102 valence electrons. The van der Waals surface area contributed by atoms with Crippen molar-refractivity contribution in [2.75, 3.05) is 46.4 Å². The van der Waals surface area contributed by atoms with Crippen LogP contribution in [0.1, 0.15) is 26.7 Å². The van der Waals surface area contributed by atoms with E-state index in [2.05, 4.69) is 23.6 Å². The summed E-state index contributed by atoms with van der Waals surface area (Å²) in [5.74, 6) is 0. The lowest BCUT2D eigenvalue weighted by Crippen LogP contribution is -2.51. The van der Waals surface area contributed by atoms with E-state index >= 15 is 0 Å². The van der Waals surface area contributed by atoms with Gasteiger partial charge in [0.25, 0.3) is 0 Å². The Morgan fingerprint density at radius 2 is 1.82 bits per heavy atom. The van der Waals surface area contributed by atoms with Crippen molar-refractivity contribution in [2.45, 2.75) is 38.8 Å². The van der Waals surface area contributed by atoms with Crippen molar-refractivity contribution in [1.29, 1.82) is 0 Å². The Labute approximate surface area is 106 Å². The number of nitrogens with zero attached hydrogens (tertiary/aromatic N) is 2. The lowest BCUT2D eigenvalue weighted by atomic mass is 10.1. The van der Waals surface area contributed by atoms with Gasteiger partial charge in [-0.05, 0) is 26.7 Å². The minimum Gasteiger partial charge on any atom is -0.385 e. The van der Waals surface area contributed by atoms with Gasteiger partial charge in [0.2, 0.25) is 0 Å². The molecule has 1 aliphatic heterocycles. The second-order valence-electron chi connectivity index (χ2n) is 5.33. The zero-order valence-corrected chi connectivity index (χ0v) is 11.7. The van der Waals surface area contributed by atoms with Crippen LogP contribution in [-0.2, 0) is 4.74 Å². The number of rotatable bonds is 7. The average Bonchev–Trinajstić information content (AvgIpc) is 2.30. The minimum absolute atomic E-state index is 0.302. The molecule has 4 nitrogen and oxygen atoms in total. The molecule has 0 amide bonds. The Bertz CT molecular complexity index is 191. The summed E-state index contributed by atoms with van der Waals surface area (Å²) in [5, 5.41) is 0. The molecule has 2 N–H and O–H groups in total. The minimum atomic E-state index is 0.302. The summed E-state index contributed by atoms with van der Waals surface area (Å²) in [7, 11) is 1.75. The molecule has 1 saturated heterocycles. The first kappa shape index (κ1) is 14.9. The molecule has 0 radical (unpaired) electrons. The fourth-order valence-corrected chi connectivity index (χ4v) is 2.38. The third-order valence-electron chi connectivity index (χ3n) is 3.55. The quantitative estimate of drug-likeness (QED) is 0.671. The maximum absolute atomic E-state index is 6.13. The van der Waals surface area contributed by atoms with Crippen molar-refractivity contribution >= 4 is 0 Å². The van der Waals surface area contributed by atoms with Gasteiger partial charge < -0.3 is 10.5 Å². The highest BCUT2D eigenvalue weighted by molar-refractivity contribution is 4.77. The molecular formula is C13H29N3O. The van der Waals surface area contributed by atoms with Crippen molar-refractivity contribution in [3.8, 4) is 0 Å². The van der Waals surface area contributed by atoms with Crippen molar-refractivity contribution in [3.05, 3.63) is 0 Å². The third kappa shape index (κ3) is 5.82. The molecule has 0 spiro atoms. The number of hydrogen-bond donors (Lipinski definition) is 1. The number of nitrogens with two attached hydrogens (primary N) is 1. The Hall–Kier alpha value is -0.160. The maximum atomic E-state index is 6.13. The lowest BCUT2D eigenvalue weighted by molar-refractivity contribution is 0.102. The van der Waals surface area contributed by atoms with E-state index in [0.717, 1.165) is 39.1 Å². The summed E-state index contributed by atoms with van der Waals surface area (Å²) in [6, 6.07) is 0.975. The van der Waals surface area contributed by atoms with E-state index in [4.69, 9.17) is 10.5 Å². The van der Waals surface area contributed by atoms with E-state index in [1.807, 2.05) is 0 Å². The standard InChI is InChI=1S/C13H29N3O/c1-12(2)16-8-6-15(7-9-16)11-13(14)5-4-10-17-3/h12-13H,4-11,14H2,1-3H3. The monoisotopic (exact) mass is 243 g/mol. The van der Waals surface area contributed by atoms with Gasteiger partial charge >= 0.3 is 0 Å². The highest BCUT2D eigenvalue weighted by Gasteiger charge is 2.19. The van der Waals surface area contributed by atoms with Crippen LogP contribution in [0.3, 0.4) is 0 Å². The van der Waals surface area contributed by atoms with Gasteiger partial charge in [-0.3, -0.25) is 9.80 Å². The lowest BCUT2D eigenvalue weighted by Gasteiger charge is -2.37. The molecule has 0 saturated carbocycles. The van der Waals surface area contributed by atoms with Crippen LogP contribution in [0, 0.1) is 0 Å². The maximum Gasteiger partial charge on any atom is 0.0462 e. The normalized spacial score (nSPS) is 21.0. The van der Waals surface area contributed by atoms with Crippen molar-refractivity contribution < 1.29 is 4.74 Å². The second kappa shape index (κ2) is 8.03. The van der Waals surface area contributed by atoms with Gasteiger partial charge in [0.15, 0.2) is 0 Å². The summed E-state index contributed by atoms with van der Waals surface area (Å²) in [6.07, 6.45) is 2.14. The van der Waals surface area contributed by atoms with E-state index in [-0.39, 0.29) is 0 Å². The number of methoxy groups -OCH3 is 1. The van der Waals surface area contributed by atoms with Gasteiger partial charge in [-0.2, -0.15) is 0 Å². The molecule has 1 atom stereocenters. The summed E-state index contributed by atoms with van der Waals surface area (Å²) >= 11 is 0. The summed E-state index contributed by atoms with van der Waals surface area (Å²) in [5.41, 5.74) is 6.13. The van der Waals surface area contributed by atoms with Crippen LogP contribution in [-0.4, -0.2) is 68.3 Å². The van der Waals surface area contributed by atoms with Crippen molar-refractivity contribution in [1.82, 2.24) is 9.80 Å². The van der Waals surface area contributed by atoms with Gasteiger partial charge in [-0.15, -0.1) is 0 Å². The van der Waals surface area contributed by atoms with Crippen molar-refractivity contribution in [2.24, 2.45) is 5.73 Å².